The molecule has 1 rings (SSSR count). The van der Waals surface area contributed by atoms with Crippen molar-refractivity contribution in [3.63, 3.8) is 0 Å². The molecule has 2 unspecified atom stereocenters. The molecule has 0 aliphatic heterocycles. The van der Waals surface area contributed by atoms with Crippen LogP contribution < -0.4 is 15.2 Å². The molecule has 1 aromatic carbocycles. The molecule has 0 radical (unpaired) electrons. The van der Waals surface area contributed by atoms with Gasteiger partial charge in [0.1, 0.15) is 6.17 Å². The Morgan fingerprint density at radius 1 is 1.22 bits per heavy atom. The van der Waals surface area contributed by atoms with E-state index in [4.69, 9.17) is 15.2 Å². The number of hydrogen-bond acceptors (Lipinski definition) is 3. The minimum absolute atomic E-state index is 0.206. The molecule has 2 atom stereocenters. The van der Waals surface area contributed by atoms with Gasteiger partial charge in [-0.2, -0.15) is 0 Å². The van der Waals surface area contributed by atoms with Crippen molar-refractivity contribution in [2.24, 2.45) is 5.73 Å². The lowest BCUT2D eigenvalue weighted by Gasteiger charge is -2.19. The van der Waals surface area contributed by atoms with Crippen LogP contribution in [0.5, 0.6) is 11.5 Å². The van der Waals surface area contributed by atoms with Gasteiger partial charge in [0, 0.05) is 5.56 Å². The van der Waals surface area contributed by atoms with Gasteiger partial charge in [-0.3, -0.25) is 0 Å². The quantitative estimate of drug-likeness (QED) is 0.849. The summed E-state index contributed by atoms with van der Waals surface area (Å²) in [6.07, 6.45) is -0.211. The third kappa shape index (κ3) is 3.13. The topological polar surface area (TPSA) is 44.5 Å². The van der Waals surface area contributed by atoms with E-state index in [9.17, 15) is 4.39 Å². The number of benzene rings is 1. The summed E-state index contributed by atoms with van der Waals surface area (Å²) in [5, 5.41) is 0. The molecule has 0 amide bonds. The Balaban J connectivity index is 3.30. The molecule has 1 aromatic rings. The Morgan fingerprint density at radius 3 is 2.33 bits per heavy atom. The van der Waals surface area contributed by atoms with Crippen LogP contribution in [-0.4, -0.2) is 20.8 Å². The lowest BCUT2D eigenvalue weighted by molar-refractivity contribution is 0.342. The van der Waals surface area contributed by atoms with Gasteiger partial charge in [0.25, 0.3) is 0 Å². The fourth-order valence-corrected chi connectivity index (χ4v) is 2.02. The van der Waals surface area contributed by atoms with Crippen LogP contribution in [0.15, 0.2) is 12.1 Å². The zero-order valence-corrected chi connectivity index (χ0v) is 11.5. The number of nitrogens with two attached hydrogens (primary N) is 1. The molecule has 0 aliphatic carbocycles. The first-order valence-corrected chi connectivity index (χ1v) is 6.15. The minimum atomic E-state index is -1.03. The van der Waals surface area contributed by atoms with Gasteiger partial charge in [-0.1, -0.05) is 6.92 Å². The van der Waals surface area contributed by atoms with Crippen LogP contribution >= 0.6 is 0 Å². The highest BCUT2D eigenvalue weighted by Crippen LogP contribution is 2.39. The molecule has 0 saturated heterocycles. The second kappa shape index (κ2) is 6.59. The molecule has 102 valence electrons. The molecule has 0 saturated carbocycles. The van der Waals surface area contributed by atoms with E-state index in [1.165, 1.54) is 6.92 Å². The summed E-state index contributed by atoms with van der Waals surface area (Å²) in [6.45, 7) is 4.15. The summed E-state index contributed by atoms with van der Waals surface area (Å²) in [5.41, 5.74) is 7.13. The van der Waals surface area contributed by atoms with Gasteiger partial charge in [-0.15, -0.1) is 0 Å². The van der Waals surface area contributed by atoms with Crippen molar-refractivity contribution < 1.29 is 13.9 Å². The largest absolute Gasteiger partial charge is 0.493 e. The van der Waals surface area contributed by atoms with E-state index in [0.717, 1.165) is 12.0 Å². The average molecular weight is 255 g/mol. The third-order valence-corrected chi connectivity index (χ3v) is 3.12. The average Bonchev–Trinajstić information content (AvgIpc) is 2.37. The van der Waals surface area contributed by atoms with Crippen LogP contribution in [0.1, 0.15) is 43.5 Å². The summed E-state index contributed by atoms with van der Waals surface area (Å²) < 4.78 is 24.1. The van der Waals surface area contributed by atoms with Crippen molar-refractivity contribution >= 4 is 0 Å². The maximum atomic E-state index is 13.5. The van der Waals surface area contributed by atoms with Crippen LogP contribution in [-0.2, 0) is 0 Å². The predicted octanol–water partition coefficient (Wildman–Crippen LogP) is 3.19. The molecule has 4 heteroatoms. The van der Waals surface area contributed by atoms with Crippen molar-refractivity contribution in [1.29, 1.82) is 0 Å². The predicted molar refractivity (Wildman–Crippen MR) is 71.2 cm³/mol. The minimum Gasteiger partial charge on any atom is -0.493 e. The molecule has 0 aromatic heterocycles. The highest BCUT2D eigenvalue weighted by atomic mass is 19.1. The van der Waals surface area contributed by atoms with Gasteiger partial charge in [0.15, 0.2) is 11.5 Å². The summed E-state index contributed by atoms with van der Waals surface area (Å²) >= 11 is 0. The zero-order chi connectivity index (χ0) is 13.7. The number of methoxy groups -OCH3 is 2. The number of rotatable bonds is 6. The van der Waals surface area contributed by atoms with Gasteiger partial charge in [-0.25, -0.2) is 4.39 Å². The third-order valence-electron chi connectivity index (χ3n) is 3.12. The number of alkyl halides is 1. The first kappa shape index (κ1) is 14.8. The Kier molecular flexibility index (Phi) is 5.41. The monoisotopic (exact) mass is 255 g/mol. The van der Waals surface area contributed by atoms with Gasteiger partial charge in [-0.05, 0) is 43.5 Å². The van der Waals surface area contributed by atoms with Crippen LogP contribution in [0.25, 0.3) is 0 Å². The van der Waals surface area contributed by atoms with Crippen LogP contribution in [0.2, 0.25) is 0 Å². The summed E-state index contributed by atoms with van der Waals surface area (Å²) in [7, 11) is 3.15. The van der Waals surface area contributed by atoms with E-state index in [0.29, 0.717) is 23.6 Å². The van der Waals surface area contributed by atoms with Gasteiger partial charge < -0.3 is 15.2 Å². The number of hydrogen-bond donors (Lipinski definition) is 1. The second-order valence-electron chi connectivity index (χ2n) is 4.44. The molecule has 0 bridgehead atoms. The molecule has 3 nitrogen and oxygen atoms in total. The van der Waals surface area contributed by atoms with Crippen molar-refractivity contribution in [2.45, 2.75) is 32.4 Å². The molecular formula is C14H22FNO2. The highest BCUT2D eigenvalue weighted by molar-refractivity contribution is 5.51. The Hall–Kier alpha value is -1.29. The maximum Gasteiger partial charge on any atom is 0.164 e. The first-order valence-electron chi connectivity index (χ1n) is 6.15. The Bertz CT molecular complexity index is 394. The van der Waals surface area contributed by atoms with E-state index in [-0.39, 0.29) is 5.92 Å². The van der Waals surface area contributed by atoms with E-state index >= 15 is 0 Å². The van der Waals surface area contributed by atoms with Crippen LogP contribution in [0.4, 0.5) is 4.39 Å². The number of ether oxygens (including phenoxy) is 2. The Labute approximate surface area is 108 Å². The lowest BCUT2D eigenvalue weighted by Crippen LogP contribution is -2.07. The summed E-state index contributed by atoms with van der Waals surface area (Å²) in [4.78, 5) is 0. The van der Waals surface area contributed by atoms with Gasteiger partial charge >= 0.3 is 0 Å². The number of halogens is 1. The van der Waals surface area contributed by atoms with Gasteiger partial charge in [0.05, 0.1) is 14.2 Å². The normalized spacial score (nSPS) is 14.1. The van der Waals surface area contributed by atoms with Crippen molar-refractivity contribution in [2.75, 3.05) is 20.8 Å². The molecule has 0 heterocycles. The standard InChI is InChI=1S/C14H22FNO2/c1-9(5-6-16)12-7-11(10(2)15)8-13(17-3)14(12)18-4/h7-10H,5-6,16H2,1-4H3. The highest BCUT2D eigenvalue weighted by Gasteiger charge is 2.19. The SMILES string of the molecule is COc1cc(C(C)F)cc(C(C)CCN)c1OC. The molecule has 0 aliphatic rings. The van der Waals surface area contributed by atoms with Crippen molar-refractivity contribution in [3.8, 4) is 11.5 Å². The van der Waals surface area contributed by atoms with E-state index < -0.39 is 6.17 Å². The zero-order valence-electron chi connectivity index (χ0n) is 11.5. The lowest BCUT2D eigenvalue weighted by atomic mass is 9.93. The molecule has 18 heavy (non-hydrogen) atoms. The van der Waals surface area contributed by atoms with Crippen molar-refractivity contribution in [3.05, 3.63) is 23.3 Å². The van der Waals surface area contributed by atoms with E-state index in [1.807, 2.05) is 6.07 Å². The molecular weight excluding hydrogens is 233 g/mol. The first-order chi connectivity index (χ1) is 8.54. The smallest absolute Gasteiger partial charge is 0.164 e. The van der Waals surface area contributed by atoms with Crippen LogP contribution in [0.3, 0.4) is 0 Å². The van der Waals surface area contributed by atoms with Crippen LogP contribution in [0, 0.1) is 0 Å². The summed E-state index contributed by atoms with van der Waals surface area (Å²) in [5.74, 6) is 1.44. The summed E-state index contributed by atoms with van der Waals surface area (Å²) in [6, 6.07) is 3.52. The fourth-order valence-electron chi connectivity index (χ4n) is 2.02. The van der Waals surface area contributed by atoms with E-state index in [2.05, 4.69) is 6.92 Å². The molecule has 2 N–H and O–H groups in total. The fraction of sp³-hybridized carbons (Fsp3) is 0.571. The van der Waals surface area contributed by atoms with E-state index in [1.54, 1.807) is 20.3 Å². The Morgan fingerprint density at radius 2 is 1.89 bits per heavy atom. The molecule has 0 spiro atoms. The van der Waals surface area contributed by atoms with Gasteiger partial charge in [0.2, 0.25) is 0 Å². The maximum absolute atomic E-state index is 13.5. The second-order valence-corrected chi connectivity index (χ2v) is 4.44. The molecule has 0 fully saturated rings. The van der Waals surface area contributed by atoms with Crippen molar-refractivity contribution in [1.82, 2.24) is 0 Å².